The Morgan fingerprint density at radius 1 is 1.00 bits per heavy atom. The molecule has 0 saturated carbocycles. The van der Waals surface area contributed by atoms with Crippen LogP contribution in [0.25, 0.3) is 0 Å². The molecule has 0 aliphatic heterocycles. The Kier molecular flexibility index (Phi) is 5.62. The van der Waals surface area contributed by atoms with Gasteiger partial charge in [-0.2, -0.15) is 0 Å². The molecule has 0 amide bonds. The average Bonchev–Trinajstić information content (AvgIpc) is 1.90. The zero-order chi connectivity index (χ0) is 6.69. The summed E-state index contributed by atoms with van der Waals surface area (Å²) in [5.74, 6) is 0. The molecule has 10 heavy (non-hydrogen) atoms. The van der Waals surface area contributed by atoms with Crippen LogP contribution in [0.5, 0.6) is 0 Å². The Bertz CT molecular complexity index is 172. The fourth-order valence-electron chi connectivity index (χ4n) is 0.771. The van der Waals surface area contributed by atoms with Crippen LogP contribution in [0, 0.1) is 0 Å². The molecule has 0 aliphatic carbocycles. The van der Waals surface area contributed by atoms with E-state index >= 15 is 0 Å². The maximum absolute atomic E-state index is 2.40. The van der Waals surface area contributed by atoms with Crippen LogP contribution in [-0.2, 0) is 0 Å². The molecule has 0 heterocycles. The van der Waals surface area contributed by atoms with Crippen molar-refractivity contribution in [1.29, 1.82) is 0 Å². The Morgan fingerprint density at radius 2 is 1.50 bits per heavy atom. The molecule has 0 aliphatic rings. The van der Waals surface area contributed by atoms with E-state index < -0.39 is 19.8 Å². The zero-order valence-electron chi connectivity index (χ0n) is 6.89. The molecule has 1 aromatic rings. The second-order valence-electron chi connectivity index (χ2n) is 2.37. The molecule has 1 rings (SSSR count). The van der Waals surface area contributed by atoms with Gasteiger partial charge in [0, 0.05) is 18.9 Å². The van der Waals surface area contributed by atoms with Gasteiger partial charge < -0.3 is 0 Å². The van der Waals surface area contributed by atoms with Gasteiger partial charge in [-0.05, 0) is 0 Å². The first kappa shape index (κ1) is 10.6. The minimum absolute atomic E-state index is 0. The predicted molar refractivity (Wildman–Crippen MR) is 49.3 cm³/mol. The second kappa shape index (κ2) is 5.29. The van der Waals surface area contributed by atoms with Crippen LogP contribution in [0.1, 0.15) is 0 Å². The maximum atomic E-state index is 2.40. The van der Waals surface area contributed by atoms with E-state index in [1.54, 1.807) is 3.58 Å². The minimum Gasteiger partial charge on any atom is 0 e. The number of benzene rings is 1. The van der Waals surface area contributed by atoms with Gasteiger partial charge in [0.2, 0.25) is 0 Å². The molecule has 48 valence electrons. The van der Waals surface area contributed by atoms with Crippen molar-refractivity contribution in [3.63, 3.8) is 0 Å². The van der Waals surface area contributed by atoms with E-state index in [-0.39, 0.29) is 18.9 Å². The van der Waals surface area contributed by atoms with E-state index in [4.69, 9.17) is 0 Å². The third kappa shape index (κ3) is 3.14. The van der Waals surface area contributed by atoms with Crippen LogP contribution in [-0.4, -0.2) is 38.6 Å². The van der Waals surface area contributed by atoms with Gasteiger partial charge in [0.05, 0.1) is 0 Å². The molecule has 1 aromatic carbocycles. The monoisotopic (exact) mass is 234 g/mol. The summed E-state index contributed by atoms with van der Waals surface area (Å²) in [7, 11) is 0. The smallest absolute Gasteiger partial charge is 0 e. The fraction of sp³-hybridized carbons (Fsp3) is 0.250. The van der Waals surface area contributed by atoms with E-state index in [9.17, 15) is 0 Å². The fourth-order valence-corrected chi connectivity index (χ4v) is 3.22. The van der Waals surface area contributed by atoms with Crippen molar-refractivity contribution < 1.29 is 0 Å². The largest absolute Gasteiger partial charge is 0 e. The summed E-state index contributed by atoms with van der Waals surface area (Å²) < 4.78 is 1.61. The molecule has 0 fully saturated rings. The van der Waals surface area contributed by atoms with E-state index in [0.29, 0.717) is 0 Å². The molecule has 0 N–H and O–H groups in total. The van der Waals surface area contributed by atoms with Gasteiger partial charge in [-0.15, -0.1) is 0 Å². The second-order valence-corrected chi connectivity index (χ2v) is 9.72. The number of hydrogen-bond acceptors (Lipinski definition) is 0. The molecule has 0 atom stereocenters. The van der Waals surface area contributed by atoms with Gasteiger partial charge in [-0.3, -0.25) is 0 Å². The first-order valence-corrected chi connectivity index (χ1v) is 10.3. The van der Waals surface area contributed by atoms with Crippen molar-refractivity contribution in [2.24, 2.45) is 0 Å². The molecular weight excluding hydrogens is 222 g/mol. The molecule has 0 nitrogen and oxygen atoms in total. The standard InChI is InChI=1S/C6H5.2CH3.Li.Sn/c1-2-4-6-5-3-1;;;;/h1-5H;2*1H3;;. The van der Waals surface area contributed by atoms with E-state index in [1.165, 1.54) is 0 Å². The Morgan fingerprint density at radius 3 is 1.80 bits per heavy atom. The zero-order valence-corrected chi connectivity index (χ0v) is 9.74. The van der Waals surface area contributed by atoms with Crippen LogP contribution < -0.4 is 3.58 Å². The first-order valence-electron chi connectivity index (χ1n) is 3.16. The van der Waals surface area contributed by atoms with Crippen molar-refractivity contribution >= 4 is 42.2 Å². The van der Waals surface area contributed by atoms with Crippen molar-refractivity contribution in [2.45, 2.75) is 9.88 Å². The molecule has 0 spiro atoms. The summed E-state index contributed by atoms with van der Waals surface area (Å²) >= 11 is -1.02. The Labute approximate surface area is 81.9 Å². The topological polar surface area (TPSA) is 0 Å². The van der Waals surface area contributed by atoms with E-state index in [1.807, 2.05) is 0 Å². The van der Waals surface area contributed by atoms with Gasteiger partial charge in [-0.25, -0.2) is 0 Å². The van der Waals surface area contributed by atoms with Gasteiger partial charge in [-0.1, -0.05) is 0 Å². The summed E-state index contributed by atoms with van der Waals surface area (Å²) in [5, 5.41) is 0. The first-order chi connectivity index (χ1) is 4.30. The normalized spacial score (nSPS) is 9.10. The predicted octanol–water partition coefficient (Wildman–Crippen LogP) is 1.27. The third-order valence-electron chi connectivity index (χ3n) is 1.35. The summed E-state index contributed by atoms with van der Waals surface area (Å²) in [4.78, 5) is 4.80. The summed E-state index contributed by atoms with van der Waals surface area (Å²) in [6.07, 6.45) is 0. The molecule has 0 saturated heterocycles. The van der Waals surface area contributed by atoms with Crippen LogP contribution in [0.3, 0.4) is 0 Å². The van der Waals surface area contributed by atoms with Crippen molar-refractivity contribution in [1.82, 2.24) is 0 Å². The van der Waals surface area contributed by atoms with Crippen LogP contribution >= 0.6 is 0 Å². The quantitative estimate of drug-likeness (QED) is 0.640. The van der Waals surface area contributed by atoms with E-state index in [0.717, 1.165) is 0 Å². The van der Waals surface area contributed by atoms with Gasteiger partial charge in [0.25, 0.3) is 0 Å². The molecule has 0 unspecified atom stereocenters. The molecule has 0 aromatic heterocycles. The Hall–Kier alpha value is 0.616. The number of hydrogen-bond donors (Lipinski definition) is 0. The van der Waals surface area contributed by atoms with Crippen molar-refractivity contribution in [3.8, 4) is 0 Å². The summed E-state index contributed by atoms with van der Waals surface area (Å²) in [6, 6.07) is 10.8. The summed E-state index contributed by atoms with van der Waals surface area (Å²) in [5.41, 5.74) is 0. The van der Waals surface area contributed by atoms with Crippen LogP contribution in [0.15, 0.2) is 30.3 Å². The van der Waals surface area contributed by atoms with Gasteiger partial charge in [0.1, 0.15) is 0 Å². The van der Waals surface area contributed by atoms with Crippen LogP contribution in [0.4, 0.5) is 0 Å². The van der Waals surface area contributed by atoms with E-state index in [2.05, 4.69) is 40.2 Å². The maximum Gasteiger partial charge on any atom is 0 e. The molecule has 0 bridgehead atoms. The van der Waals surface area contributed by atoms with Gasteiger partial charge >= 0.3 is 63.6 Å². The van der Waals surface area contributed by atoms with Crippen LogP contribution in [0.2, 0.25) is 9.88 Å². The third-order valence-corrected chi connectivity index (χ3v) is 5.60. The van der Waals surface area contributed by atoms with Crippen molar-refractivity contribution in [3.05, 3.63) is 30.3 Å². The Balaban J connectivity index is 0.000000810. The average molecular weight is 233 g/mol. The summed E-state index contributed by atoms with van der Waals surface area (Å²) in [6.45, 7) is 0. The van der Waals surface area contributed by atoms with Gasteiger partial charge in [0.15, 0.2) is 0 Å². The minimum atomic E-state index is -1.02. The van der Waals surface area contributed by atoms with Crippen molar-refractivity contribution in [2.75, 3.05) is 0 Å². The molecule has 2 heteroatoms. The molecule has 2 radical (unpaired) electrons. The SMILES string of the molecule is [CH3][Sn]([CH3])[c]1ccccc1.[Li]. The molecular formula is C8H11LiSn. The number of rotatable bonds is 1.